The van der Waals surface area contributed by atoms with Crippen LogP contribution in [-0.2, 0) is 17.8 Å². The van der Waals surface area contributed by atoms with Gasteiger partial charge in [-0.1, -0.05) is 42.5 Å². The molecule has 0 aliphatic heterocycles. The van der Waals surface area contributed by atoms with Gasteiger partial charge in [0.1, 0.15) is 12.4 Å². The Balaban J connectivity index is 1.50. The van der Waals surface area contributed by atoms with Crippen molar-refractivity contribution in [3.8, 4) is 5.75 Å². The van der Waals surface area contributed by atoms with E-state index in [1.807, 2.05) is 30.3 Å². The van der Waals surface area contributed by atoms with Crippen LogP contribution in [0.1, 0.15) is 42.5 Å². The lowest BCUT2D eigenvalue weighted by atomic mass is 9.87. The van der Waals surface area contributed by atoms with Gasteiger partial charge in [-0.3, -0.25) is 10.0 Å². The molecule has 4 nitrogen and oxygen atoms in total. The molecule has 138 valence electrons. The lowest BCUT2D eigenvalue weighted by Crippen LogP contribution is -2.32. The van der Waals surface area contributed by atoms with Crippen molar-refractivity contribution in [3.05, 3.63) is 77.4 Å². The molecule has 4 rings (SSSR count). The van der Waals surface area contributed by atoms with Crippen molar-refractivity contribution in [3.63, 3.8) is 0 Å². The third-order valence-corrected chi connectivity index (χ3v) is 5.23. The Kier molecular flexibility index (Phi) is 4.82. The van der Waals surface area contributed by atoms with Crippen molar-refractivity contribution in [2.24, 2.45) is 0 Å². The number of fused-ring (bicyclic) bond motifs is 2. The molecule has 1 aliphatic rings. The van der Waals surface area contributed by atoms with Gasteiger partial charge in [-0.25, -0.2) is 5.06 Å². The van der Waals surface area contributed by atoms with Crippen molar-refractivity contribution in [1.29, 1.82) is 0 Å². The molecule has 0 aromatic heterocycles. The molecular weight excluding hydrogens is 338 g/mol. The van der Waals surface area contributed by atoms with Gasteiger partial charge < -0.3 is 4.74 Å². The third-order valence-electron chi connectivity index (χ3n) is 5.23. The highest BCUT2D eigenvalue weighted by Gasteiger charge is 2.27. The van der Waals surface area contributed by atoms with Crippen molar-refractivity contribution in [1.82, 2.24) is 5.06 Å². The van der Waals surface area contributed by atoms with Crippen LogP contribution in [0.5, 0.6) is 5.75 Å². The molecule has 0 fully saturated rings. The van der Waals surface area contributed by atoms with Crippen LogP contribution < -0.4 is 4.74 Å². The highest BCUT2D eigenvalue weighted by Crippen LogP contribution is 2.35. The van der Waals surface area contributed by atoms with Crippen molar-refractivity contribution in [2.75, 3.05) is 0 Å². The number of carbonyl (C=O) groups is 1. The number of ether oxygens (including phenoxy) is 1. The molecule has 0 saturated heterocycles. The molecule has 1 amide bonds. The molecule has 1 N–H and O–H groups in total. The van der Waals surface area contributed by atoms with Gasteiger partial charge in [-0.15, -0.1) is 0 Å². The Morgan fingerprint density at radius 3 is 2.74 bits per heavy atom. The monoisotopic (exact) mass is 361 g/mol. The second kappa shape index (κ2) is 7.41. The van der Waals surface area contributed by atoms with E-state index >= 15 is 0 Å². The molecule has 0 saturated carbocycles. The second-order valence-corrected chi connectivity index (χ2v) is 7.10. The molecule has 0 spiro atoms. The van der Waals surface area contributed by atoms with Gasteiger partial charge in [0, 0.05) is 6.92 Å². The summed E-state index contributed by atoms with van der Waals surface area (Å²) in [7, 11) is 0. The zero-order valence-electron chi connectivity index (χ0n) is 15.4. The van der Waals surface area contributed by atoms with Gasteiger partial charge in [-0.05, 0) is 64.9 Å². The minimum atomic E-state index is -0.329. The quantitative estimate of drug-likeness (QED) is 0.523. The zero-order valence-corrected chi connectivity index (χ0v) is 15.4. The van der Waals surface area contributed by atoms with E-state index in [0.717, 1.165) is 46.8 Å². The molecule has 1 atom stereocenters. The molecule has 0 radical (unpaired) electrons. The van der Waals surface area contributed by atoms with Gasteiger partial charge in [0.05, 0.1) is 6.04 Å². The number of rotatable bonds is 4. The van der Waals surface area contributed by atoms with E-state index in [1.54, 1.807) is 0 Å². The molecule has 1 aliphatic carbocycles. The topological polar surface area (TPSA) is 49.8 Å². The van der Waals surface area contributed by atoms with Crippen LogP contribution in [0.2, 0.25) is 0 Å². The molecular formula is C23H23NO3. The van der Waals surface area contributed by atoms with E-state index in [1.165, 1.54) is 17.7 Å². The van der Waals surface area contributed by atoms with E-state index in [-0.39, 0.29) is 11.9 Å². The van der Waals surface area contributed by atoms with Crippen LogP contribution in [0.25, 0.3) is 10.8 Å². The predicted molar refractivity (Wildman–Crippen MR) is 105 cm³/mol. The number of benzene rings is 3. The maximum Gasteiger partial charge on any atom is 0.243 e. The number of nitrogens with zero attached hydrogens (tertiary/aromatic N) is 1. The van der Waals surface area contributed by atoms with Crippen LogP contribution in [-0.4, -0.2) is 16.2 Å². The SMILES string of the molecule is CC(=O)N(O)C1CCCc2cc(OCc3ccc4ccccc4c3)ccc21. The van der Waals surface area contributed by atoms with Crippen LogP contribution in [0, 0.1) is 0 Å². The van der Waals surface area contributed by atoms with Crippen LogP contribution in [0.3, 0.4) is 0 Å². The van der Waals surface area contributed by atoms with E-state index < -0.39 is 0 Å². The average molecular weight is 361 g/mol. The summed E-state index contributed by atoms with van der Waals surface area (Å²) in [4.78, 5) is 11.5. The van der Waals surface area contributed by atoms with E-state index in [0.29, 0.717) is 6.61 Å². The van der Waals surface area contributed by atoms with E-state index in [9.17, 15) is 10.0 Å². The Morgan fingerprint density at radius 1 is 1.11 bits per heavy atom. The van der Waals surface area contributed by atoms with Crippen LogP contribution >= 0.6 is 0 Å². The minimum Gasteiger partial charge on any atom is -0.489 e. The summed E-state index contributed by atoms with van der Waals surface area (Å²) < 4.78 is 6.01. The fourth-order valence-electron chi connectivity index (χ4n) is 3.82. The van der Waals surface area contributed by atoms with Gasteiger partial charge in [0.2, 0.25) is 5.91 Å². The van der Waals surface area contributed by atoms with Crippen LogP contribution in [0.4, 0.5) is 0 Å². The maximum atomic E-state index is 11.5. The molecule has 3 aromatic carbocycles. The highest BCUT2D eigenvalue weighted by molar-refractivity contribution is 5.82. The lowest BCUT2D eigenvalue weighted by molar-refractivity contribution is -0.175. The van der Waals surface area contributed by atoms with Crippen LogP contribution in [0.15, 0.2) is 60.7 Å². The first-order valence-corrected chi connectivity index (χ1v) is 9.34. The third kappa shape index (κ3) is 3.67. The average Bonchev–Trinajstić information content (AvgIpc) is 2.70. The van der Waals surface area contributed by atoms with E-state index in [4.69, 9.17) is 4.74 Å². The Morgan fingerprint density at radius 2 is 1.93 bits per heavy atom. The summed E-state index contributed by atoms with van der Waals surface area (Å²) in [5.41, 5.74) is 3.28. The number of hydroxylamine groups is 2. The molecule has 27 heavy (non-hydrogen) atoms. The standard InChI is InChI=1S/C23H23NO3/c1-16(25)24(26)23-8-4-7-20-14-21(11-12-22(20)23)27-15-17-9-10-18-5-2-3-6-19(18)13-17/h2-3,5-6,9-14,23,26H,4,7-8,15H2,1H3. The molecule has 4 heteroatoms. The molecule has 3 aromatic rings. The first kappa shape index (κ1) is 17.6. The first-order chi connectivity index (χ1) is 13.1. The maximum absolute atomic E-state index is 11.5. The number of hydrogen-bond acceptors (Lipinski definition) is 3. The van der Waals surface area contributed by atoms with Crippen molar-refractivity contribution >= 4 is 16.7 Å². The fourth-order valence-corrected chi connectivity index (χ4v) is 3.82. The fraction of sp³-hybridized carbons (Fsp3) is 0.261. The Bertz CT molecular complexity index is 982. The summed E-state index contributed by atoms with van der Waals surface area (Å²) in [5, 5.41) is 13.3. The summed E-state index contributed by atoms with van der Waals surface area (Å²) >= 11 is 0. The summed E-state index contributed by atoms with van der Waals surface area (Å²) in [6.07, 6.45) is 2.65. The summed E-state index contributed by atoms with van der Waals surface area (Å²) in [5.74, 6) is 0.486. The molecule has 1 unspecified atom stereocenters. The summed E-state index contributed by atoms with van der Waals surface area (Å²) in [6.45, 7) is 1.89. The zero-order chi connectivity index (χ0) is 18.8. The lowest BCUT2D eigenvalue weighted by Gasteiger charge is -2.31. The second-order valence-electron chi connectivity index (χ2n) is 7.10. The minimum absolute atomic E-state index is 0.263. The highest BCUT2D eigenvalue weighted by atomic mass is 16.5. The van der Waals surface area contributed by atoms with Gasteiger partial charge in [0.25, 0.3) is 0 Å². The molecule has 0 heterocycles. The summed E-state index contributed by atoms with van der Waals surface area (Å²) in [6, 6.07) is 20.3. The largest absolute Gasteiger partial charge is 0.489 e. The van der Waals surface area contributed by atoms with E-state index in [2.05, 4.69) is 30.3 Å². The number of aryl methyl sites for hydroxylation is 1. The number of carbonyl (C=O) groups excluding carboxylic acids is 1. The Labute approximate surface area is 159 Å². The number of hydrogen-bond donors (Lipinski definition) is 1. The first-order valence-electron chi connectivity index (χ1n) is 9.34. The van der Waals surface area contributed by atoms with Gasteiger partial charge >= 0.3 is 0 Å². The predicted octanol–water partition coefficient (Wildman–Crippen LogP) is 5.03. The molecule has 0 bridgehead atoms. The number of amides is 1. The van der Waals surface area contributed by atoms with Gasteiger partial charge in [-0.2, -0.15) is 0 Å². The normalized spacial score (nSPS) is 16.0. The smallest absolute Gasteiger partial charge is 0.243 e. The van der Waals surface area contributed by atoms with Crippen molar-refractivity contribution < 1.29 is 14.7 Å². The van der Waals surface area contributed by atoms with Gasteiger partial charge in [0.15, 0.2) is 0 Å². The Hall–Kier alpha value is -2.85. The van der Waals surface area contributed by atoms with Crippen molar-refractivity contribution in [2.45, 2.75) is 38.8 Å².